The van der Waals surface area contributed by atoms with Crippen molar-refractivity contribution >= 4 is 0 Å². The molecular weight excluding hydrogens is 246 g/mol. The zero-order valence-electron chi connectivity index (χ0n) is 14.1. The molecule has 2 atom stereocenters. The van der Waals surface area contributed by atoms with Crippen LogP contribution >= 0.6 is 0 Å². The number of rotatable bonds is 6. The highest BCUT2D eigenvalue weighted by Crippen LogP contribution is 2.23. The summed E-state index contributed by atoms with van der Waals surface area (Å²) in [5, 5.41) is 3.64. The van der Waals surface area contributed by atoms with Gasteiger partial charge < -0.3 is 5.32 Å². The lowest BCUT2D eigenvalue weighted by molar-refractivity contribution is 0.137. The number of nitrogens with zero attached hydrogens (tertiary/aromatic N) is 2. The van der Waals surface area contributed by atoms with Gasteiger partial charge in [-0.25, -0.2) is 0 Å². The summed E-state index contributed by atoms with van der Waals surface area (Å²) >= 11 is 0. The average Bonchev–Trinajstić information content (AvgIpc) is 2.89. The Morgan fingerprint density at radius 1 is 1.00 bits per heavy atom. The standard InChI is InChI=1S/C17H35N3/c1-14(2)17(12-18-15(3)4)20-11-8-16(13-20)19-9-6-5-7-10-19/h14-18H,5-13H2,1-4H3. The van der Waals surface area contributed by atoms with Crippen molar-refractivity contribution in [1.82, 2.24) is 15.1 Å². The van der Waals surface area contributed by atoms with Crippen LogP contribution in [0.25, 0.3) is 0 Å². The second-order valence-corrected chi connectivity index (χ2v) is 7.41. The second kappa shape index (κ2) is 7.77. The van der Waals surface area contributed by atoms with Crippen molar-refractivity contribution in [3.05, 3.63) is 0 Å². The van der Waals surface area contributed by atoms with Crippen LogP contribution in [0.4, 0.5) is 0 Å². The molecule has 2 rings (SSSR count). The molecule has 0 saturated carbocycles. The molecule has 3 heteroatoms. The summed E-state index contributed by atoms with van der Waals surface area (Å²) in [7, 11) is 0. The van der Waals surface area contributed by atoms with E-state index in [9.17, 15) is 0 Å². The summed E-state index contributed by atoms with van der Waals surface area (Å²) in [6, 6.07) is 2.12. The van der Waals surface area contributed by atoms with Crippen LogP contribution in [0.15, 0.2) is 0 Å². The molecule has 0 aromatic heterocycles. The van der Waals surface area contributed by atoms with Crippen molar-refractivity contribution in [3.8, 4) is 0 Å². The maximum absolute atomic E-state index is 3.64. The molecule has 2 unspecified atom stereocenters. The van der Waals surface area contributed by atoms with Gasteiger partial charge >= 0.3 is 0 Å². The van der Waals surface area contributed by atoms with Gasteiger partial charge in [-0.05, 0) is 38.3 Å². The van der Waals surface area contributed by atoms with Gasteiger partial charge in [0.25, 0.3) is 0 Å². The largest absolute Gasteiger partial charge is 0.313 e. The molecular formula is C17H35N3. The van der Waals surface area contributed by atoms with E-state index in [0.29, 0.717) is 12.1 Å². The highest BCUT2D eigenvalue weighted by molar-refractivity contribution is 4.90. The molecule has 0 bridgehead atoms. The second-order valence-electron chi connectivity index (χ2n) is 7.41. The van der Waals surface area contributed by atoms with Gasteiger partial charge in [-0.1, -0.05) is 34.1 Å². The molecule has 0 aliphatic carbocycles. The predicted octanol–water partition coefficient (Wildman–Crippen LogP) is 2.57. The Bertz CT molecular complexity index is 271. The van der Waals surface area contributed by atoms with Crippen LogP contribution in [0.3, 0.4) is 0 Å². The molecule has 0 amide bonds. The molecule has 2 saturated heterocycles. The number of nitrogens with one attached hydrogen (secondary N) is 1. The molecule has 3 nitrogen and oxygen atoms in total. The van der Waals surface area contributed by atoms with Crippen molar-refractivity contribution in [2.75, 3.05) is 32.7 Å². The van der Waals surface area contributed by atoms with Gasteiger partial charge in [-0.2, -0.15) is 0 Å². The first kappa shape index (κ1) is 16.3. The zero-order valence-corrected chi connectivity index (χ0v) is 14.1. The van der Waals surface area contributed by atoms with Gasteiger partial charge in [-0.3, -0.25) is 9.80 Å². The normalized spacial score (nSPS) is 27.6. The minimum atomic E-state index is 0.594. The first-order chi connectivity index (χ1) is 9.58. The number of hydrogen-bond acceptors (Lipinski definition) is 3. The molecule has 20 heavy (non-hydrogen) atoms. The van der Waals surface area contributed by atoms with E-state index in [4.69, 9.17) is 0 Å². The monoisotopic (exact) mass is 281 g/mol. The Kier molecular flexibility index (Phi) is 6.31. The smallest absolute Gasteiger partial charge is 0.0244 e. The van der Waals surface area contributed by atoms with E-state index >= 15 is 0 Å². The molecule has 2 fully saturated rings. The van der Waals surface area contributed by atoms with Crippen molar-refractivity contribution in [2.24, 2.45) is 5.92 Å². The van der Waals surface area contributed by atoms with Crippen LogP contribution in [-0.4, -0.2) is 60.6 Å². The third-order valence-electron chi connectivity index (χ3n) is 5.08. The number of hydrogen-bond donors (Lipinski definition) is 1. The van der Waals surface area contributed by atoms with E-state index in [2.05, 4.69) is 42.8 Å². The van der Waals surface area contributed by atoms with Crippen LogP contribution in [0.5, 0.6) is 0 Å². The van der Waals surface area contributed by atoms with Gasteiger partial charge in [0.1, 0.15) is 0 Å². The quantitative estimate of drug-likeness (QED) is 0.807. The SMILES string of the molecule is CC(C)NCC(C(C)C)N1CCC(N2CCCCC2)C1. The van der Waals surface area contributed by atoms with Crippen LogP contribution in [0.1, 0.15) is 53.4 Å². The number of piperidine rings is 1. The fraction of sp³-hybridized carbons (Fsp3) is 1.00. The summed E-state index contributed by atoms with van der Waals surface area (Å²) < 4.78 is 0. The molecule has 0 spiro atoms. The molecule has 2 aliphatic heterocycles. The zero-order chi connectivity index (χ0) is 14.5. The number of likely N-dealkylation sites (tertiary alicyclic amines) is 2. The van der Waals surface area contributed by atoms with Gasteiger partial charge in [0.05, 0.1) is 0 Å². The Hall–Kier alpha value is -0.120. The van der Waals surface area contributed by atoms with Crippen molar-refractivity contribution < 1.29 is 0 Å². The Balaban J connectivity index is 1.84. The van der Waals surface area contributed by atoms with Gasteiger partial charge in [0, 0.05) is 37.8 Å². The van der Waals surface area contributed by atoms with Gasteiger partial charge in [-0.15, -0.1) is 0 Å². The summed E-state index contributed by atoms with van der Waals surface area (Å²) in [6.45, 7) is 15.7. The topological polar surface area (TPSA) is 18.5 Å². The lowest BCUT2D eigenvalue weighted by Crippen LogP contribution is -2.48. The van der Waals surface area contributed by atoms with E-state index in [1.165, 1.54) is 51.9 Å². The van der Waals surface area contributed by atoms with Crippen LogP contribution < -0.4 is 5.32 Å². The highest BCUT2D eigenvalue weighted by Gasteiger charge is 2.33. The molecule has 2 aliphatic rings. The van der Waals surface area contributed by atoms with Crippen molar-refractivity contribution in [1.29, 1.82) is 0 Å². The third-order valence-corrected chi connectivity index (χ3v) is 5.08. The van der Waals surface area contributed by atoms with E-state index < -0.39 is 0 Å². The molecule has 1 N–H and O–H groups in total. The van der Waals surface area contributed by atoms with E-state index in [-0.39, 0.29) is 0 Å². The lowest BCUT2D eigenvalue weighted by Gasteiger charge is -2.35. The molecule has 0 aromatic rings. The van der Waals surface area contributed by atoms with E-state index in [1.807, 2.05) is 0 Å². The maximum atomic E-state index is 3.64. The first-order valence-corrected chi connectivity index (χ1v) is 8.79. The first-order valence-electron chi connectivity index (χ1n) is 8.79. The summed E-state index contributed by atoms with van der Waals surface area (Å²) in [6.07, 6.45) is 5.66. The average molecular weight is 281 g/mol. The van der Waals surface area contributed by atoms with Gasteiger partial charge in [0.2, 0.25) is 0 Å². The summed E-state index contributed by atoms with van der Waals surface area (Å²) in [5.41, 5.74) is 0. The molecule has 0 aromatic carbocycles. The van der Waals surface area contributed by atoms with E-state index in [1.54, 1.807) is 0 Å². The Labute approximate surface area is 126 Å². The molecule has 118 valence electrons. The van der Waals surface area contributed by atoms with Crippen LogP contribution in [0.2, 0.25) is 0 Å². The fourth-order valence-electron chi connectivity index (χ4n) is 3.79. The minimum Gasteiger partial charge on any atom is -0.313 e. The van der Waals surface area contributed by atoms with Crippen LogP contribution in [0, 0.1) is 5.92 Å². The van der Waals surface area contributed by atoms with E-state index in [0.717, 1.165) is 18.5 Å². The molecule has 0 radical (unpaired) electrons. The molecule has 2 heterocycles. The van der Waals surface area contributed by atoms with Crippen molar-refractivity contribution in [3.63, 3.8) is 0 Å². The van der Waals surface area contributed by atoms with Crippen LogP contribution in [-0.2, 0) is 0 Å². The fourth-order valence-corrected chi connectivity index (χ4v) is 3.79. The van der Waals surface area contributed by atoms with Crippen molar-refractivity contribution in [2.45, 2.75) is 71.5 Å². The highest BCUT2D eigenvalue weighted by atomic mass is 15.3. The predicted molar refractivity (Wildman–Crippen MR) is 87.2 cm³/mol. The maximum Gasteiger partial charge on any atom is 0.0244 e. The van der Waals surface area contributed by atoms with Gasteiger partial charge in [0.15, 0.2) is 0 Å². The summed E-state index contributed by atoms with van der Waals surface area (Å²) in [4.78, 5) is 5.51. The lowest BCUT2D eigenvalue weighted by atomic mass is 10.0. The minimum absolute atomic E-state index is 0.594. The Morgan fingerprint density at radius 2 is 1.70 bits per heavy atom. The Morgan fingerprint density at radius 3 is 2.30 bits per heavy atom. The third kappa shape index (κ3) is 4.44. The summed E-state index contributed by atoms with van der Waals surface area (Å²) in [5.74, 6) is 0.737.